The van der Waals surface area contributed by atoms with E-state index in [0.717, 1.165) is 13.1 Å². The summed E-state index contributed by atoms with van der Waals surface area (Å²) in [5.74, 6) is 1.15. The van der Waals surface area contributed by atoms with Crippen LogP contribution >= 0.6 is 12.2 Å². The molecule has 0 aliphatic carbocycles. The van der Waals surface area contributed by atoms with Crippen LogP contribution in [0.5, 0.6) is 0 Å². The van der Waals surface area contributed by atoms with Crippen LogP contribution in [0.3, 0.4) is 0 Å². The van der Waals surface area contributed by atoms with E-state index in [4.69, 9.17) is 17.0 Å². The van der Waals surface area contributed by atoms with Crippen LogP contribution in [0.25, 0.3) is 0 Å². The van der Waals surface area contributed by atoms with Crippen LogP contribution in [0.4, 0.5) is 0 Å². The number of nitrogens with zero attached hydrogens (tertiary/aromatic N) is 4. The topological polar surface area (TPSA) is 55.4 Å². The van der Waals surface area contributed by atoms with E-state index in [1.165, 1.54) is 0 Å². The molecule has 1 aromatic rings. The normalized spacial score (nSPS) is 11.7. The Morgan fingerprint density at radius 2 is 2.16 bits per heavy atom. The molecule has 1 N–H and O–H groups in total. The van der Waals surface area contributed by atoms with Crippen molar-refractivity contribution in [3.63, 3.8) is 0 Å². The van der Waals surface area contributed by atoms with Crippen molar-refractivity contribution in [1.29, 1.82) is 0 Å². The highest BCUT2D eigenvalue weighted by molar-refractivity contribution is 7.71. The van der Waals surface area contributed by atoms with Gasteiger partial charge in [-0.05, 0) is 18.1 Å². The van der Waals surface area contributed by atoms with Gasteiger partial charge in [-0.25, -0.2) is 4.68 Å². The van der Waals surface area contributed by atoms with Gasteiger partial charge in [0.15, 0.2) is 10.6 Å². The van der Waals surface area contributed by atoms with Gasteiger partial charge in [-0.1, -0.05) is 13.8 Å². The van der Waals surface area contributed by atoms with Crippen LogP contribution in [0.1, 0.15) is 19.7 Å². The molecule has 0 saturated heterocycles. The molecule has 7 heteroatoms. The van der Waals surface area contributed by atoms with Gasteiger partial charge in [-0.3, -0.25) is 4.90 Å². The number of hydrogen-bond acceptors (Lipinski definition) is 5. The molecule has 0 bridgehead atoms. The standard InChI is InChI=1S/C12H24N4O2S/c1-10(2)7-15(5-6-18-4)9-16-12(19)14(3)11(8-17)13-16/h10,17H,5-9H2,1-4H3. The highest BCUT2D eigenvalue weighted by Gasteiger charge is 2.12. The highest BCUT2D eigenvalue weighted by Crippen LogP contribution is 2.04. The molecule has 19 heavy (non-hydrogen) atoms. The Hall–Kier alpha value is -0.760. The van der Waals surface area contributed by atoms with Crippen molar-refractivity contribution in [1.82, 2.24) is 19.2 Å². The average Bonchev–Trinajstić information content (AvgIpc) is 2.63. The Morgan fingerprint density at radius 1 is 1.47 bits per heavy atom. The number of rotatable bonds is 8. The van der Waals surface area contributed by atoms with Crippen LogP contribution in [-0.4, -0.2) is 51.2 Å². The van der Waals surface area contributed by atoms with Crippen LogP contribution < -0.4 is 0 Å². The van der Waals surface area contributed by atoms with Crippen LogP contribution in [0, 0.1) is 10.7 Å². The van der Waals surface area contributed by atoms with Gasteiger partial charge in [-0.15, -0.1) is 0 Å². The van der Waals surface area contributed by atoms with E-state index in [0.29, 0.717) is 29.8 Å². The molecule has 1 heterocycles. The van der Waals surface area contributed by atoms with Crippen molar-refractivity contribution in [3.8, 4) is 0 Å². The van der Waals surface area contributed by atoms with Gasteiger partial charge in [0.2, 0.25) is 0 Å². The maximum absolute atomic E-state index is 9.20. The Kier molecular flexibility index (Phi) is 6.64. The molecular formula is C12H24N4O2S. The molecule has 0 aliphatic heterocycles. The monoisotopic (exact) mass is 288 g/mol. The van der Waals surface area contributed by atoms with Crippen molar-refractivity contribution in [2.24, 2.45) is 13.0 Å². The Balaban J connectivity index is 2.80. The van der Waals surface area contributed by atoms with E-state index < -0.39 is 0 Å². The molecular weight excluding hydrogens is 264 g/mol. The Bertz CT molecular complexity index is 441. The third-order valence-corrected chi connectivity index (χ3v) is 3.33. The molecule has 0 spiro atoms. The van der Waals surface area contributed by atoms with E-state index >= 15 is 0 Å². The molecule has 0 saturated carbocycles. The molecule has 1 rings (SSSR count). The van der Waals surface area contributed by atoms with Gasteiger partial charge >= 0.3 is 0 Å². The second kappa shape index (κ2) is 7.74. The quantitative estimate of drug-likeness (QED) is 0.723. The third-order valence-electron chi connectivity index (χ3n) is 2.84. The van der Waals surface area contributed by atoms with Crippen LogP contribution in [-0.2, 0) is 25.1 Å². The lowest BCUT2D eigenvalue weighted by Crippen LogP contribution is -2.33. The number of methoxy groups -OCH3 is 1. The minimum atomic E-state index is -0.102. The predicted octanol–water partition coefficient (Wildman–Crippen LogP) is 1.01. The second-order valence-electron chi connectivity index (χ2n) is 5.02. The van der Waals surface area contributed by atoms with Crippen molar-refractivity contribution in [2.75, 3.05) is 26.8 Å². The van der Waals surface area contributed by atoms with E-state index in [-0.39, 0.29) is 6.61 Å². The fourth-order valence-electron chi connectivity index (χ4n) is 1.91. The predicted molar refractivity (Wildman–Crippen MR) is 76.2 cm³/mol. The number of aliphatic hydroxyl groups is 1. The molecule has 6 nitrogen and oxygen atoms in total. The summed E-state index contributed by atoms with van der Waals surface area (Å²) < 4.78 is 9.23. The number of ether oxygens (including phenoxy) is 1. The lowest BCUT2D eigenvalue weighted by atomic mass is 10.2. The lowest BCUT2D eigenvalue weighted by molar-refractivity contribution is 0.115. The first-order valence-corrected chi connectivity index (χ1v) is 6.85. The van der Waals surface area contributed by atoms with Crippen LogP contribution in [0.15, 0.2) is 0 Å². The van der Waals surface area contributed by atoms with Crippen molar-refractivity contribution >= 4 is 12.2 Å². The number of hydrogen-bond donors (Lipinski definition) is 1. The molecule has 0 aromatic carbocycles. The zero-order valence-electron chi connectivity index (χ0n) is 12.2. The first kappa shape index (κ1) is 16.3. The first-order chi connectivity index (χ1) is 8.99. The summed E-state index contributed by atoms with van der Waals surface area (Å²) in [5.41, 5.74) is 0. The van der Waals surface area contributed by atoms with Gasteiger partial charge in [0.05, 0.1) is 13.3 Å². The largest absolute Gasteiger partial charge is 0.388 e. The van der Waals surface area contributed by atoms with Crippen molar-refractivity contribution in [2.45, 2.75) is 27.1 Å². The maximum Gasteiger partial charge on any atom is 0.198 e. The summed E-state index contributed by atoms with van der Waals surface area (Å²) in [4.78, 5) is 2.25. The first-order valence-electron chi connectivity index (χ1n) is 6.44. The van der Waals surface area contributed by atoms with Gasteiger partial charge in [0.1, 0.15) is 6.61 Å². The zero-order chi connectivity index (χ0) is 14.4. The van der Waals surface area contributed by atoms with E-state index in [1.54, 1.807) is 16.4 Å². The maximum atomic E-state index is 9.20. The highest BCUT2D eigenvalue weighted by atomic mass is 32.1. The summed E-state index contributed by atoms with van der Waals surface area (Å²) in [7, 11) is 3.52. The van der Waals surface area contributed by atoms with E-state index in [9.17, 15) is 5.11 Å². The van der Waals surface area contributed by atoms with Crippen molar-refractivity contribution < 1.29 is 9.84 Å². The zero-order valence-corrected chi connectivity index (χ0v) is 13.0. The average molecular weight is 288 g/mol. The molecule has 110 valence electrons. The number of aromatic nitrogens is 3. The summed E-state index contributed by atoms with van der Waals surface area (Å²) in [6, 6.07) is 0. The molecule has 0 amide bonds. The molecule has 0 unspecified atom stereocenters. The van der Waals surface area contributed by atoms with E-state index in [2.05, 4.69) is 23.8 Å². The Labute approximate surface area is 119 Å². The van der Waals surface area contributed by atoms with E-state index in [1.807, 2.05) is 7.05 Å². The van der Waals surface area contributed by atoms with Gasteiger partial charge < -0.3 is 14.4 Å². The smallest absolute Gasteiger partial charge is 0.198 e. The molecule has 0 aliphatic rings. The third kappa shape index (κ3) is 4.68. The summed E-state index contributed by atoms with van der Waals surface area (Å²) >= 11 is 5.32. The Morgan fingerprint density at radius 3 is 2.63 bits per heavy atom. The summed E-state index contributed by atoms with van der Waals surface area (Å²) in [5, 5.41) is 13.5. The van der Waals surface area contributed by atoms with Gasteiger partial charge in [-0.2, -0.15) is 5.10 Å². The van der Waals surface area contributed by atoms with Gasteiger partial charge in [0, 0.05) is 27.2 Å². The minimum absolute atomic E-state index is 0.102. The van der Waals surface area contributed by atoms with Crippen LogP contribution in [0.2, 0.25) is 0 Å². The van der Waals surface area contributed by atoms with Crippen molar-refractivity contribution in [3.05, 3.63) is 10.6 Å². The SMILES string of the molecule is COCCN(CC(C)C)Cn1nc(CO)n(C)c1=S. The minimum Gasteiger partial charge on any atom is -0.388 e. The second-order valence-corrected chi connectivity index (χ2v) is 5.39. The fourth-order valence-corrected chi connectivity index (χ4v) is 2.11. The fraction of sp³-hybridized carbons (Fsp3) is 0.833. The summed E-state index contributed by atoms with van der Waals surface area (Å²) in [6.07, 6.45) is 0. The van der Waals surface area contributed by atoms with Gasteiger partial charge in [0.25, 0.3) is 0 Å². The molecule has 0 fully saturated rings. The molecule has 1 aromatic heterocycles. The molecule has 0 radical (unpaired) electrons. The number of aliphatic hydroxyl groups excluding tert-OH is 1. The summed E-state index contributed by atoms with van der Waals surface area (Å²) in [6.45, 7) is 7.34. The lowest BCUT2D eigenvalue weighted by Gasteiger charge is -2.23. The molecule has 0 atom stereocenters.